The molecule has 0 amide bonds. The lowest BCUT2D eigenvalue weighted by Crippen LogP contribution is -2.24. The zero-order valence-electron chi connectivity index (χ0n) is 13.6. The number of ether oxygens (including phenoxy) is 2. The first-order valence-corrected chi connectivity index (χ1v) is 7.90. The third-order valence-electron chi connectivity index (χ3n) is 4.15. The van der Waals surface area contributed by atoms with Gasteiger partial charge < -0.3 is 14.8 Å². The van der Waals surface area contributed by atoms with Gasteiger partial charge in [-0.15, -0.1) is 0 Å². The van der Waals surface area contributed by atoms with Crippen LogP contribution in [0.25, 0.3) is 5.57 Å². The quantitative estimate of drug-likeness (QED) is 0.941. The molecule has 1 N–H and O–H groups in total. The van der Waals surface area contributed by atoms with Crippen LogP contribution in [0.5, 0.6) is 11.5 Å². The number of pyridine rings is 1. The molecule has 4 heteroatoms. The van der Waals surface area contributed by atoms with Crippen LogP contribution in [0.4, 0.5) is 0 Å². The molecule has 1 aliphatic heterocycles. The molecule has 1 aromatic heterocycles. The van der Waals surface area contributed by atoms with E-state index in [1.165, 1.54) is 11.1 Å². The normalized spacial score (nSPS) is 14.4. The van der Waals surface area contributed by atoms with E-state index in [1.54, 1.807) is 14.2 Å². The maximum Gasteiger partial charge on any atom is 0.161 e. The summed E-state index contributed by atoms with van der Waals surface area (Å²) >= 11 is 0. The molecule has 0 saturated carbocycles. The van der Waals surface area contributed by atoms with Gasteiger partial charge in [0.2, 0.25) is 0 Å². The molecule has 0 unspecified atom stereocenters. The van der Waals surface area contributed by atoms with Gasteiger partial charge >= 0.3 is 0 Å². The molecule has 3 rings (SSSR count). The van der Waals surface area contributed by atoms with E-state index in [-0.39, 0.29) is 0 Å². The highest BCUT2D eigenvalue weighted by molar-refractivity contribution is 5.81. The fourth-order valence-electron chi connectivity index (χ4n) is 3.01. The molecule has 4 nitrogen and oxygen atoms in total. The zero-order valence-corrected chi connectivity index (χ0v) is 13.6. The first-order chi connectivity index (χ1) is 11.3. The summed E-state index contributed by atoms with van der Waals surface area (Å²) in [7, 11) is 3.32. The average Bonchev–Trinajstić information content (AvgIpc) is 2.63. The summed E-state index contributed by atoms with van der Waals surface area (Å²) in [6.45, 7) is 2.03. The van der Waals surface area contributed by atoms with E-state index in [0.29, 0.717) is 0 Å². The largest absolute Gasteiger partial charge is 0.493 e. The second-order valence-electron chi connectivity index (χ2n) is 5.51. The number of methoxy groups -OCH3 is 2. The van der Waals surface area contributed by atoms with Gasteiger partial charge in [-0.05, 0) is 55.8 Å². The summed E-state index contributed by atoms with van der Waals surface area (Å²) in [5.41, 5.74) is 4.79. The monoisotopic (exact) mass is 310 g/mol. The third kappa shape index (κ3) is 3.37. The van der Waals surface area contributed by atoms with Crippen LogP contribution in [0.1, 0.15) is 24.1 Å². The molecule has 2 heterocycles. The Labute approximate surface area is 137 Å². The molecule has 1 aliphatic rings. The minimum atomic E-state index is 0.743. The second kappa shape index (κ2) is 7.29. The molecule has 0 atom stereocenters. The summed E-state index contributed by atoms with van der Waals surface area (Å²) in [5, 5.41) is 3.41. The smallest absolute Gasteiger partial charge is 0.161 e. The van der Waals surface area contributed by atoms with E-state index >= 15 is 0 Å². The second-order valence-corrected chi connectivity index (χ2v) is 5.51. The first kappa shape index (κ1) is 15.6. The van der Waals surface area contributed by atoms with E-state index in [2.05, 4.69) is 22.4 Å². The Bertz CT molecular complexity index is 688. The third-order valence-corrected chi connectivity index (χ3v) is 4.15. The lowest BCUT2D eigenvalue weighted by atomic mass is 9.91. The Morgan fingerprint density at radius 2 is 1.78 bits per heavy atom. The van der Waals surface area contributed by atoms with E-state index in [0.717, 1.165) is 48.7 Å². The van der Waals surface area contributed by atoms with Crippen molar-refractivity contribution in [2.45, 2.75) is 12.8 Å². The Morgan fingerprint density at radius 3 is 2.43 bits per heavy atom. The Kier molecular flexibility index (Phi) is 4.93. The number of nitrogens with one attached hydrogen (secondary N) is 1. The summed E-state index contributed by atoms with van der Waals surface area (Å²) in [5.74, 6) is 1.49. The van der Waals surface area contributed by atoms with Crippen molar-refractivity contribution >= 4 is 5.57 Å². The topological polar surface area (TPSA) is 43.4 Å². The molecule has 0 aliphatic carbocycles. The lowest BCUT2D eigenvalue weighted by Gasteiger charge is -2.21. The van der Waals surface area contributed by atoms with Gasteiger partial charge in [-0.3, -0.25) is 4.98 Å². The highest BCUT2D eigenvalue weighted by atomic mass is 16.5. The molecule has 0 spiro atoms. The van der Waals surface area contributed by atoms with Gasteiger partial charge in [0.05, 0.1) is 19.9 Å². The molecular weight excluding hydrogens is 288 g/mol. The van der Waals surface area contributed by atoms with Crippen molar-refractivity contribution in [2.24, 2.45) is 0 Å². The van der Waals surface area contributed by atoms with Gasteiger partial charge in [0.1, 0.15) is 0 Å². The number of hydrogen-bond donors (Lipinski definition) is 1. The van der Waals surface area contributed by atoms with Crippen molar-refractivity contribution in [3.8, 4) is 11.5 Å². The van der Waals surface area contributed by atoms with Crippen molar-refractivity contribution in [3.05, 3.63) is 59.4 Å². The molecule has 1 saturated heterocycles. The molecule has 0 radical (unpaired) electrons. The Balaban J connectivity index is 2.12. The Morgan fingerprint density at radius 1 is 1.00 bits per heavy atom. The van der Waals surface area contributed by atoms with E-state index in [9.17, 15) is 0 Å². The summed E-state index contributed by atoms with van der Waals surface area (Å²) in [4.78, 5) is 4.58. The van der Waals surface area contributed by atoms with Crippen LogP contribution < -0.4 is 14.8 Å². The summed E-state index contributed by atoms with van der Waals surface area (Å²) < 4.78 is 10.8. The van der Waals surface area contributed by atoms with E-state index < -0.39 is 0 Å². The van der Waals surface area contributed by atoms with Crippen molar-refractivity contribution in [3.63, 3.8) is 0 Å². The van der Waals surface area contributed by atoms with Crippen molar-refractivity contribution in [1.82, 2.24) is 10.3 Å². The van der Waals surface area contributed by atoms with Crippen molar-refractivity contribution < 1.29 is 9.47 Å². The number of nitrogens with zero attached hydrogens (tertiary/aromatic N) is 1. The minimum absolute atomic E-state index is 0.743. The molecule has 23 heavy (non-hydrogen) atoms. The Hall–Kier alpha value is -2.33. The van der Waals surface area contributed by atoms with Gasteiger partial charge in [0.15, 0.2) is 11.5 Å². The van der Waals surface area contributed by atoms with Crippen LogP contribution in [-0.2, 0) is 0 Å². The van der Waals surface area contributed by atoms with Crippen LogP contribution in [-0.4, -0.2) is 32.3 Å². The standard InChI is InChI=1S/C19H22N2O2/c1-22-17-7-6-15(13-18(17)23-2)19(14-8-11-20-12-9-14)16-5-3-4-10-21-16/h3-7,10,13,20H,8-9,11-12H2,1-2H3. The highest BCUT2D eigenvalue weighted by Crippen LogP contribution is 2.35. The van der Waals surface area contributed by atoms with E-state index in [1.807, 2.05) is 30.5 Å². The summed E-state index contributed by atoms with van der Waals surface area (Å²) in [6, 6.07) is 12.1. The van der Waals surface area contributed by atoms with Gasteiger partial charge in [-0.1, -0.05) is 17.7 Å². The number of piperidine rings is 1. The highest BCUT2D eigenvalue weighted by Gasteiger charge is 2.17. The van der Waals surface area contributed by atoms with Gasteiger partial charge in [0, 0.05) is 11.8 Å². The number of benzene rings is 1. The van der Waals surface area contributed by atoms with Gasteiger partial charge in [-0.25, -0.2) is 0 Å². The average molecular weight is 310 g/mol. The van der Waals surface area contributed by atoms with Crippen LogP contribution in [0.2, 0.25) is 0 Å². The van der Waals surface area contributed by atoms with Crippen LogP contribution in [0.3, 0.4) is 0 Å². The number of rotatable bonds is 4. The van der Waals surface area contributed by atoms with Crippen LogP contribution in [0.15, 0.2) is 48.2 Å². The molecular formula is C19H22N2O2. The molecule has 0 bridgehead atoms. The molecule has 1 aromatic carbocycles. The predicted molar refractivity (Wildman–Crippen MR) is 91.9 cm³/mol. The van der Waals surface area contributed by atoms with Crippen molar-refractivity contribution in [1.29, 1.82) is 0 Å². The van der Waals surface area contributed by atoms with Crippen LogP contribution in [0, 0.1) is 0 Å². The first-order valence-electron chi connectivity index (χ1n) is 7.90. The van der Waals surface area contributed by atoms with Crippen LogP contribution >= 0.6 is 0 Å². The van der Waals surface area contributed by atoms with Gasteiger partial charge in [0.25, 0.3) is 0 Å². The number of hydrogen-bond acceptors (Lipinski definition) is 4. The molecule has 120 valence electrons. The van der Waals surface area contributed by atoms with E-state index in [4.69, 9.17) is 9.47 Å². The van der Waals surface area contributed by atoms with Crippen molar-refractivity contribution in [2.75, 3.05) is 27.3 Å². The maximum absolute atomic E-state index is 5.47. The fraction of sp³-hybridized carbons (Fsp3) is 0.316. The fourth-order valence-corrected chi connectivity index (χ4v) is 3.01. The predicted octanol–water partition coefficient (Wildman–Crippen LogP) is 3.28. The molecule has 2 aromatic rings. The van der Waals surface area contributed by atoms with Gasteiger partial charge in [-0.2, -0.15) is 0 Å². The lowest BCUT2D eigenvalue weighted by molar-refractivity contribution is 0.355. The maximum atomic E-state index is 5.47. The summed E-state index contributed by atoms with van der Waals surface area (Å²) in [6.07, 6.45) is 3.93. The minimum Gasteiger partial charge on any atom is -0.493 e. The molecule has 1 fully saturated rings. The SMILES string of the molecule is COc1ccc(C(=C2CCNCC2)c2ccccn2)cc1OC. The zero-order chi connectivity index (χ0) is 16.1. The number of aromatic nitrogens is 1.